The largest absolute Gasteiger partial charge is 0.508 e. The van der Waals surface area contributed by atoms with Crippen LogP contribution in [0, 0.1) is 6.92 Å². The van der Waals surface area contributed by atoms with E-state index in [1.165, 1.54) is 0 Å². The smallest absolute Gasteiger partial charge is 0.177 e. The molecule has 0 bridgehead atoms. The number of hydrogen-bond donors (Lipinski definition) is 2. The highest BCUT2D eigenvalue weighted by molar-refractivity contribution is 5.70. The van der Waals surface area contributed by atoms with Crippen molar-refractivity contribution in [1.29, 1.82) is 0 Å². The summed E-state index contributed by atoms with van der Waals surface area (Å²) in [4.78, 5) is 12.1. The molecule has 0 saturated heterocycles. The van der Waals surface area contributed by atoms with Crippen LogP contribution in [0.3, 0.4) is 0 Å². The first kappa shape index (κ1) is 10.8. The fraction of sp³-hybridized carbons (Fsp3) is 0.143. The maximum Gasteiger partial charge on any atom is 0.177 e. The molecule has 0 amide bonds. The summed E-state index contributed by atoms with van der Waals surface area (Å²) in [5.41, 5.74) is 3.77. The molecule has 0 spiro atoms. The zero-order chi connectivity index (χ0) is 12.5. The Morgan fingerprint density at radius 3 is 2.61 bits per heavy atom. The fourth-order valence-electron chi connectivity index (χ4n) is 1.93. The predicted molar refractivity (Wildman–Crippen MR) is 69.5 cm³/mol. The third-order valence-corrected chi connectivity index (χ3v) is 2.84. The number of aryl methyl sites for hydroxylation is 1. The molecule has 0 aliphatic heterocycles. The van der Waals surface area contributed by atoms with E-state index in [9.17, 15) is 5.11 Å². The second kappa shape index (κ2) is 4.14. The molecule has 0 fully saturated rings. The number of aromatic amines is 1. The van der Waals surface area contributed by atoms with Gasteiger partial charge < -0.3 is 10.1 Å². The first-order valence-corrected chi connectivity index (χ1v) is 5.81. The van der Waals surface area contributed by atoms with Gasteiger partial charge >= 0.3 is 0 Å². The SMILES string of the molecule is Cc1ccc2[nH]c(Cc3ccc(O)cc3)nc2n1. The second-order valence-electron chi connectivity index (χ2n) is 4.35. The lowest BCUT2D eigenvalue weighted by Gasteiger charge is -1.97. The lowest BCUT2D eigenvalue weighted by atomic mass is 10.1. The summed E-state index contributed by atoms with van der Waals surface area (Å²) in [6, 6.07) is 11.1. The van der Waals surface area contributed by atoms with Gasteiger partial charge in [-0.25, -0.2) is 9.97 Å². The molecule has 2 heterocycles. The summed E-state index contributed by atoms with van der Waals surface area (Å²) < 4.78 is 0. The van der Waals surface area contributed by atoms with Gasteiger partial charge in [-0.1, -0.05) is 12.1 Å². The van der Waals surface area contributed by atoms with Crippen LogP contribution in [-0.2, 0) is 6.42 Å². The minimum atomic E-state index is 0.278. The van der Waals surface area contributed by atoms with E-state index in [1.807, 2.05) is 31.2 Å². The number of aromatic hydroxyl groups is 1. The minimum Gasteiger partial charge on any atom is -0.508 e. The van der Waals surface area contributed by atoms with Gasteiger partial charge in [-0.2, -0.15) is 0 Å². The van der Waals surface area contributed by atoms with E-state index in [-0.39, 0.29) is 5.75 Å². The Balaban J connectivity index is 1.92. The van der Waals surface area contributed by atoms with E-state index >= 15 is 0 Å². The van der Waals surface area contributed by atoms with E-state index in [0.717, 1.165) is 28.2 Å². The first-order valence-electron chi connectivity index (χ1n) is 5.81. The molecule has 4 heteroatoms. The molecule has 4 nitrogen and oxygen atoms in total. The first-order chi connectivity index (χ1) is 8.70. The van der Waals surface area contributed by atoms with Crippen LogP contribution in [0.25, 0.3) is 11.2 Å². The van der Waals surface area contributed by atoms with E-state index in [4.69, 9.17) is 0 Å². The average molecular weight is 239 g/mol. The number of phenolic OH excluding ortho intramolecular Hbond substituents is 1. The number of hydrogen-bond acceptors (Lipinski definition) is 3. The maximum absolute atomic E-state index is 9.23. The van der Waals surface area contributed by atoms with Gasteiger partial charge in [-0.3, -0.25) is 0 Å². The number of pyridine rings is 1. The van der Waals surface area contributed by atoms with Gasteiger partial charge in [-0.05, 0) is 36.8 Å². The summed E-state index contributed by atoms with van der Waals surface area (Å²) in [5, 5.41) is 9.23. The zero-order valence-corrected chi connectivity index (χ0v) is 10.0. The third kappa shape index (κ3) is 2.05. The number of imidazole rings is 1. The molecular formula is C14H13N3O. The van der Waals surface area contributed by atoms with Crippen molar-refractivity contribution in [3.63, 3.8) is 0 Å². The highest BCUT2D eigenvalue weighted by atomic mass is 16.3. The molecule has 0 radical (unpaired) electrons. The van der Waals surface area contributed by atoms with E-state index in [1.54, 1.807) is 12.1 Å². The van der Waals surface area contributed by atoms with Gasteiger partial charge in [0.25, 0.3) is 0 Å². The zero-order valence-electron chi connectivity index (χ0n) is 10.0. The number of nitrogens with zero attached hydrogens (tertiary/aromatic N) is 2. The van der Waals surface area contributed by atoms with E-state index in [0.29, 0.717) is 6.42 Å². The van der Waals surface area contributed by atoms with Crippen molar-refractivity contribution >= 4 is 11.2 Å². The predicted octanol–water partition coefficient (Wildman–Crippen LogP) is 2.56. The van der Waals surface area contributed by atoms with Crippen LogP contribution in [0.2, 0.25) is 0 Å². The maximum atomic E-state index is 9.23. The monoisotopic (exact) mass is 239 g/mol. The lowest BCUT2D eigenvalue weighted by Crippen LogP contribution is -1.89. The summed E-state index contributed by atoms with van der Waals surface area (Å²) in [7, 11) is 0. The average Bonchev–Trinajstić information content (AvgIpc) is 2.73. The van der Waals surface area contributed by atoms with E-state index in [2.05, 4.69) is 15.0 Å². The summed E-state index contributed by atoms with van der Waals surface area (Å²) in [6.45, 7) is 1.95. The number of fused-ring (bicyclic) bond motifs is 1. The Labute approximate surface area is 104 Å². The highest BCUT2D eigenvalue weighted by Crippen LogP contribution is 2.15. The molecule has 3 rings (SSSR count). The second-order valence-corrected chi connectivity index (χ2v) is 4.35. The molecule has 0 unspecified atom stereocenters. The molecule has 0 saturated carbocycles. The van der Waals surface area contributed by atoms with Crippen molar-refractivity contribution in [2.75, 3.05) is 0 Å². The van der Waals surface area contributed by atoms with Gasteiger partial charge in [0, 0.05) is 12.1 Å². The molecule has 1 aromatic carbocycles. The molecule has 2 N–H and O–H groups in total. The quantitative estimate of drug-likeness (QED) is 0.722. The van der Waals surface area contributed by atoms with Crippen molar-refractivity contribution in [2.24, 2.45) is 0 Å². The van der Waals surface area contributed by atoms with Crippen molar-refractivity contribution < 1.29 is 5.11 Å². The molecule has 2 aromatic heterocycles. The molecule has 0 aliphatic rings. The number of H-pyrrole nitrogens is 1. The van der Waals surface area contributed by atoms with Crippen molar-refractivity contribution in [2.45, 2.75) is 13.3 Å². The number of aromatic nitrogens is 3. The van der Waals surface area contributed by atoms with Crippen LogP contribution >= 0.6 is 0 Å². The highest BCUT2D eigenvalue weighted by Gasteiger charge is 2.05. The van der Waals surface area contributed by atoms with E-state index < -0.39 is 0 Å². The van der Waals surface area contributed by atoms with Crippen LogP contribution in [0.4, 0.5) is 0 Å². The van der Waals surface area contributed by atoms with Crippen molar-refractivity contribution in [3.05, 3.63) is 53.5 Å². The van der Waals surface area contributed by atoms with Gasteiger partial charge in [0.15, 0.2) is 5.65 Å². The number of rotatable bonds is 2. The molecule has 3 aromatic rings. The molecule has 18 heavy (non-hydrogen) atoms. The molecule has 90 valence electrons. The van der Waals surface area contributed by atoms with Gasteiger partial charge in [0.2, 0.25) is 0 Å². The molecular weight excluding hydrogens is 226 g/mol. The Hall–Kier alpha value is -2.36. The van der Waals surface area contributed by atoms with Crippen LogP contribution in [-0.4, -0.2) is 20.1 Å². The van der Waals surface area contributed by atoms with Gasteiger partial charge in [0.05, 0.1) is 5.52 Å². The normalized spacial score (nSPS) is 10.9. The summed E-state index contributed by atoms with van der Waals surface area (Å²) in [5.74, 6) is 1.16. The molecule has 0 atom stereocenters. The van der Waals surface area contributed by atoms with Crippen molar-refractivity contribution in [3.8, 4) is 5.75 Å². The van der Waals surface area contributed by atoms with Gasteiger partial charge in [0.1, 0.15) is 11.6 Å². The van der Waals surface area contributed by atoms with Crippen LogP contribution in [0.15, 0.2) is 36.4 Å². The number of nitrogens with one attached hydrogen (secondary N) is 1. The standard InChI is InChI=1S/C14H13N3O/c1-9-2-7-12-14(15-9)17-13(16-12)8-10-3-5-11(18)6-4-10/h2-7,18H,8H2,1H3,(H,15,16,17). The number of phenols is 1. The Bertz CT molecular complexity index is 686. The lowest BCUT2D eigenvalue weighted by molar-refractivity contribution is 0.475. The summed E-state index contributed by atoms with van der Waals surface area (Å²) >= 11 is 0. The number of benzene rings is 1. The topological polar surface area (TPSA) is 61.8 Å². The van der Waals surface area contributed by atoms with Crippen LogP contribution in [0.1, 0.15) is 17.1 Å². The molecule has 0 aliphatic carbocycles. The third-order valence-electron chi connectivity index (χ3n) is 2.84. The van der Waals surface area contributed by atoms with Crippen LogP contribution in [0.5, 0.6) is 5.75 Å². The Kier molecular flexibility index (Phi) is 2.48. The Morgan fingerprint density at radius 2 is 1.83 bits per heavy atom. The fourth-order valence-corrected chi connectivity index (χ4v) is 1.93. The van der Waals surface area contributed by atoms with Gasteiger partial charge in [-0.15, -0.1) is 0 Å². The van der Waals surface area contributed by atoms with Crippen molar-refractivity contribution in [1.82, 2.24) is 15.0 Å². The summed E-state index contributed by atoms with van der Waals surface area (Å²) in [6.07, 6.45) is 0.704. The Morgan fingerprint density at radius 1 is 1.06 bits per heavy atom. The van der Waals surface area contributed by atoms with Crippen LogP contribution < -0.4 is 0 Å². The minimum absolute atomic E-state index is 0.278.